The van der Waals surface area contributed by atoms with Gasteiger partial charge in [0.25, 0.3) is 0 Å². The summed E-state index contributed by atoms with van der Waals surface area (Å²) in [5.74, 6) is 1.15. The molecule has 6 heteroatoms. The lowest BCUT2D eigenvalue weighted by atomic mass is 9.99. The summed E-state index contributed by atoms with van der Waals surface area (Å²) in [7, 11) is 1.56. The van der Waals surface area contributed by atoms with Gasteiger partial charge in [0, 0.05) is 11.0 Å². The number of benzene rings is 1. The summed E-state index contributed by atoms with van der Waals surface area (Å²) in [6, 6.07) is 5.20. The fraction of sp³-hybridized carbons (Fsp3) is 0.154. The molecule has 0 bridgehead atoms. The van der Waals surface area contributed by atoms with E-state index >= 15 is 0 Å². The van der Waals surface area contributed by atoms with Crippen LogP contribution in [0.3, 0.4) is 0 Å². The van der Waals surface area contributed by atoms with E-state index in [-0.39, 0.29) is 12.4 Å². The van der Waals surface area contributed by atoms with Gasteiger partial charge in [0.1, 0.15) is 18.1 Å². The fourth-order valence-corrected chi connectivity index (χ4v) is 2.27. The van der Waals surface area contributed by atoms with Crippen LogP contribution >= 0.6 is 11.5 Å². The number of ether oxygens (including phenoxy) is 2. The molecule has 1 aliphatic heterocycles. The fourth-order valence-electron chi connectivity index (χ4n) is 1.85. The van der Waals surface area contributed by atoms with Crippen molar-refractivity contribution in [1.82, 2.24) is 9.59 Å². The largest absolute Gasteiger partial charge is 0.497 e. The molecule has 0 saturated carbocycles. The van der Waals surface area contributed by atoms with Gasteiger partial charge in [-0.2, -0.15) is 0 Å². The highest BCUT2D eigenvalue weighted by atomic mass is 32.1. The Morgan fingerprint density at radius 2 is 2.37 bits per heavy atom. The normalized spacial score (nSPS) is 16.1. The van der Waals surface area contributed by atoms with E-state index in [1.54, 1.807) is 36.8 Å². The van der Waals surface area contributed by atoms with Crippen LogP contribution in [-0.2, 0) is 0 Å². The summed E-state index contributed by atoms with van der Waals surface area (Å²) < 4.78 is 14.4. The number of methoxy groups -OCH3 is 1. The number of fused-ring (bicyclic) bond motifs is 1. The number of carbonyl (C=O) groups excluding carboxylic acids is 1. The van der Waals surface area contributed by atoms with Gasteiger partial charge in [0.2, 0.25) is 0 Å². The Morgan fingerprint density at radius 1 is 1.47 bits per heavy atom. The first-order valence-electron chi connectivity index (χ1n) is 5.61. The van der Waals surface area contributed by atoms with Gasteiger partial charge in [-0.1, -0.05) is 4.49 Å². The minimum Gasteiger partial charge on any atom is -0.497 e. The molecular weight excluding hydrogens is 264 g/mol. The third kappa shape index (κ3) is 2.22. The van der Waals surface area contributed by atoms with Crippen molar-refractivity contribution in [3.63, 3.8) is 0 Å². The predicted molar refractivity (Wildman–Crippen MR) is 70.7 cm³/mol. The molecule has 3 rings (SSSR count). The summed E-state index contributed by atoms with van der Waals surface area (Å²) in [4.78, 5) is 12.4. The third-order valence-electron chi connectivity index (χ3n) is 2.81. The maximum atomic E-state index is 12.4. The lowest BCUT2D eigenvalue weighted by Crippen LogP contribution is -2.19. The molecule has 0 N–H and O–H groups in total. The van der Waals surface area contributed by atoms with Crippen LogP contribution in [-0.4, -0.2) is 29.1 Å². The molecule has 1 aromatic carbocycles. The average molecular weight is 274 g/mol. The molecule has 1 aliphatic rings. The second-order valence-electron chi connectivity index (χ2n) is 3.98. The van der Waals surface area contributed by atoms with Gasteiger partial charge in [0.15, 0.2) is 5.78 Å². The number of carbonyl (C=O) groups is 1. The molecule has 1 aromatic heterocycles. The van der Waals surface area contributed by atoms with Crippen LogP contribution in [0, 0.1) is 0 Å². The Hall–Kier alpha value is -2.21. The molecular formula is C13H10N2O3S. The maximum absolute atomic E-state index is 12.4. The predicted octanol–water partition coefficient (Wildman–Crippen LogP) is 2.21. The van der Waals surface area contributed by atoms with Gasteiger partial charge in [-0.25, -0.2) is 0 Å². The molecule has 96 valence electrons. The number of hydrogen-bond donors (Lipinski definition) is 0. The number of Topliss-reactive ketones (excluding diaryl/α,β-unsaturated/α-hetero) is 1. The van der Waals surface area contributed by atoms with Crippen LogP contribution in [0.25, 0.3) is 6.08 Å². The maximum Gasteiger partial charge on any atom is 0.196 e. The number of nitrogens with zero attached hydrogens (tertiary/aromatic N) is 2. The van der Waals surface area contributed by atoms with E-state index in [0.29, 0.717) is 28.3 Å². The molecule has 0 unspecified atom stereocenters. The highest BCUT2D eigenvalue weighted by molar-refractivity contribution is 7.03. The molecule has 5 nitrogen and oxygen atoms in total. The van der Waals surface area contributed by atoms with Crippen molar-refractivity contribution in [1.29, 1.82) is 0 Å². The lowest BCUT2D eigenvalue weighted by Gasteiger charge is -2.19. The van der Waals surface area contributed by atoms with Gasteiger partial charge >= 0.3 is 0 Å². The van der Waals surface area contributed by atoms with Crippen molar-refractivity contribution >= 4 is 23.4 Å². The first kappa shape index (κ1) is 11.9. The molecule has 0 aliphatic carbocycles. The number of hydrogen-bond acceptors (Lipinski definition) is 6. The highest BCUT2D eigenvalue weighted by Gasteiger charge is 2.24. The summed E-state index contributed by atoms with van der Waals surface area (Å²) in [5.41, 5.74) is 1.75. The monoisotopic (exact) mass is 274 g/mol. The van der Waals surface area contributed by atoms with Crippen molar-refractivity contribution < 1.29 is 14.3 Å². The van der Waals surface area contributed by atoms with E-state index in [0.717, 1.165) is 0 Å². The summed E-state index contributed by atoms with van der Waals surface area (Å²) in [5, 5.41) is 5.67. The zero-order valence-corrected chi connectivity index (χ0v) is 10.9. The standard InChI is InChI=1S/C13H10N2O3S/c1-17-10-2-3-12-11(5-10)13(16)8(6-18-12)4-9-7-19-15-14-9/h2-5,7H,6H2,1H3/b8-4-. The van der Waals surface area contributed by atoms with Gasteiger partial charge in [0.05, 0.1) is 18.4 Å². The molecule has 0 spiro atoms. The van der Waals surface area contributed by atoms with Crippen LogP contribution in [0.5, 0.6) is 11.5 Å². The highest BCUT2D eigenvalue weighted by Crippen LogP contribution is 2.30. The van der Waals surface area contributed by atoms with Crippen LogP contribution in [0.2, 0.25) is 0 Å². The smallest absolute Gasteiger partial charge is 0.196 e. The first-order valence-corrected chi connectivity index (χ1v) is 6.45. The minimum absolute atomic E-state index is 0.0619. The quantitative estimate of drug-likeness (QED) is 0.786. The molecule has 2 aromatic rings. The van der Waals surface area contributed by atoms with Crippen LogP contribution < -0.4 is 9.47 Å². The average Bonchev–Trinajstić information content (AvgIpc) is 2.95. The van der Waals surface area contributed by atoms with Crippen LogP contribution in [0.15, 0.2) is 29.2 Å². The summed E-state index contributed by atoms with van der Waals surface area (Å²) in [6.07, 6.45) is 1.70. The van der Waals surface area contributed by atoms with Gasteiger partial charge in [-0.05, 0) is 35.8 Å². The Labute approximate surface area is 113 Å². The number of ketones is 1. The van der Waals surface area contributed by atoms with E-state index in [2.05, 4.69) is 9.59 Å². The van der Waals surface area contributed by atoms with Crippen molar-refractivity contribution in [3.8, 4) is 11.5 Å². The van der Waals surface area contributed by atoms with Gasteiger partial charge < -0.3 is 9.47 Å². The van der Waals surface area contributed by atoms with Crippen molar-refractivity contribution in [2.45, 2.75) is 0 Å². The van der Waals surface area contributed by atoms with E-state index in [4.69, 9.17) is 9.47 Å². The Kier molecular flexibility index (Phi) is 3.00. The van der Waals surface area contributed by atoms with E-state index in [9.17, 15) is 4.79 Å². The van der Waals surface area contributed by atoms with E-state index in [1.807, 2.05) is 0 Å². The zero-order chi connectivity index (χ0) is 13.2. The lowest BCUT2D eigenvalue weighted by molar-refractivity contribution is 0.100. The molecule has 2 heterocycles. The van der Waals surface area contributed by atoms with Crippen LogP contribution in [0.4, 0.5) is 0 Å². The topological polar surface area (TPSA) is 61.3 Å². The third-order valence-corrected chi connectivity index (χ3v) is 3.33. The van der Waals surface area contributed by atoms with Crippen molar-refractivity contribution in [2.24, 2.45) is 0 Å². The molecule has 0 fully saturated rings. The Balaban J connectivity index is 1.99. The second kappa shape index (κ2) is 4.81. The summed E-state index contributed by atoms with van der Waals surface area (Å²) >= 11 is 1.24. The molecule has 0 amide bonds. The number of aromatic nitrogens is 2. The Morgan fingerprint density at radius 3 is 3.11 bits per heavy atom. The van der Waals surface area contributed by atoms with Crippen molar-refractivity contribution in [2.75, 3.05) is 13.7 Å². The van der Waals surface area contributed by atoms with E-state index in [1.165, 1.54) is 11.5 Å². The van der Waals surface area contributed by atoms with Gasteiger partial charge in [-0.15, -0.1) is 5.10 Å². The summed E-state index contributed by atoms with van der Waals surface area (Å²) in [6.45, 7) is 0.246. The Bertz CT molecular complexity index is 650. The van der Waals surface area contributed by atoms with Crippen molar-refractivity contribution in [3.05, 3.63) is 40.4 Å². The zero-order valence-electron chi connectivity index (χ0n) is 10.1. The molecule has 0 atom stereocenters. The minimum atomic E-state index is -0.0619. The SMILES string of the molecule is COc1ccc2c(c1)C(=O)/C(=C\c1csnn1)CO2. The molecule has 19 heavy (non-hydrogen) atoms. The second-order valence-corrected chi connectivity index (χ2v) is 4.59. The number of rotatable bonds is 2. The molecule has 0 radical (unpaired) electrons. The van der Waals surface area contributed by atoms with E-state index < -0.39 is 0 Å². The van der Waals surface area contributed by atoms with Crippen LogP contribution in [0.1, 0.15) is 16.1 Å². The van der Waals surface area contributed by atoms with Gasteiger partial charge in [-0.3, -0.25) is 4.79 Å². The first-order chi connectivity index (χ1) is 9.28. The molecule has 0 saturated heterocycles.